The van der Waals surface area contributed by atoms with Crippen molar-refractivity contribution in [2.45, 2.75) is 59.4 Å². The molecule has 1 aliphatic rings. The van der Waals surface area contributed by atoms with Crippen LogP contribution in [-0.4, -0.2) is 23.7 Å². The second-order valence-corrected chi connectivity index (χ2v) is 6.45. The fourth-order valence-electron chi connectivity index (χ4n) is 3.00. The summed E-state index contributed by atoms with van der Waals surface area (Å²) in [6.45, 7) is 9.39. The van der Waals surface area contributed by atoms with Gasteiger partial charge in [-0.3, -0.25) is 4.79 Å². The topological polar surface area (TPSA) is 49.3 Å². The summed E-state index contributed by atoms with van der Waals surface area (Å²) >= 11 is 0. The van der Waals surface area contributed by atoms with Crippen LogP contribution in [0.4, 0.5) is 0 Å². The van der Waals surface area contributed by atoms with Crippen LogP contribution < -0.4 is 5.32 Å². The minimum absolute atomic E-state index is 0.241. The highest BCUT2D eigenvalue weighted by atomic mass is 16.4. The zero-order chi connectivity index (χ0) is 13.7. The average molecular weight is 255 g/mol. The molecule has 4 atom stereocenters. The first-order valence-electron chi connectivity index (χ1n) is 7.38. The van der Waals surface area contributed by atoms with E-state index in [0.29, 0.717) is 24.4 Å². The van der Waals surface area contributed by atoms with Gasteiger partial charge in [0.15, 0.2) is 0 Å². The maximum Gasteiger partial charge on any atom is 0.307 e. The molecule has 4 unspecified atom stereocenters. The molecule has 3 nitrogen and oxygen atoms in total. The Balaban J connectivity index is 2.43. The molecule has 0 aromatic rings. The van der Waals surface area contributed by atoms with Gasteiger partial charge >= 0.3 is 5.97 Å². The van der Waals surface area contributed by atoms with Crippen molar-refractivity contribution in [2.24, 2.45) is 23.7 Å². The van der Waals surface area contributed by atoms with Crippen LogP contribution in [0.5, 0.6) is 0 Å². The molecule has 1 aliphatic carbocycles. The fraction of sp³-hybridized carbons (Fsp3) is 0.933. The monoisotopic (exact) mass is 255 g/mol. The quantitative estimate of drug-likeness (QED) is 0.766. The molecule has 0 radical (unpaired) electrons. The Labute approximate surface area is 111 Å². The highest BCUT2D eigenvalue weighted by Crippen LogP contribution is 2.29. The van der Waals surface area contributed by atoms with Gasteiger partial charge in [0.2, 0.25) is 0 Å². The third-order valence-corrected chi connectivity index (χ3v) is 4.44. The summed E-state index contributed by atoms with van der Waals surface area (Å²) in [7, 11) is 0. The molecule has 0 aromatic heterocycles. The van der Waals surface area contributed by atoms with Crippen LogP contribution in [0, 0.1) is 23.7 Å². The largest absolute Gasteiger partial charge is 0.481 e. The lowest BCUT2D eigenvalue weighted by atomic mass is 9.78. The van der Waals surface area contributed by atoms with Crippen LogP contribution in [0.25, 0.3) is 0 Å². The number of hydrogen-bond donors (Lipinski definition) is 2. The first-order chi connectivity index (χ1) is 8.41. The lowest BCUT2D eigenvalue weighted by Gasteiger charge is -2.35. The molecule has 0 amide bonds. The molecule has 0 saturated heterocycles. The molecule has 106 valence electrons. The van der Waals surface area contributed by atoms with Gasteiger partial charge in [-0.25, -0.2) is 0 Å². The van der Waals surface area contributed by atoms with Crippen LogP contribution in [0.1, 0.15) is 53.4 Å². The molecule has 1 rings (SSSR count). The SMILES string of the molecule is CC(C)CC(CNC1CCCC(C)C1C)C(=O)O. The third kappa shape index (κ3) is 4.60. The normalized spacial score (nSPS) is 30.4. The Bertz CT molecular complexity index is 265. The van der Waals surface area contributed by atoms with E-state index in [2.05, 4.69) is 33.0 Å². The summed E-state index contributed by atoms with van der Waals surface area (Å²) < 4.78 is 0. The number of carboxylic acid groups (broad SMARTS) is 1. The lowest BCUT2D eigenvalue weighted by molar-refractivity contribution is -0.142. The lowest BCUT2D eigenvalue weighted by Crippen LogP contribution is -2.43. The first-order valence-corrected chi connectivity index (χ1v) is 7.38. The Morgan fingerprint density at radius 3 is 2.56 bits per heavy atom. The molecule has 0 aliphatic heterocycles. The molecule has 18 heavy (non-hydrogen) atoms. The Hall–Kier alpha value is -0.570. The molecule has 0 aromatic carbocycles. The standard InChI is InChI=1S/C15H29NO2/c1-10(2)8-13(15(17)18)9-16-14-7-5-6-11(3)12(14)4/h10-14,16H,5-9H2,1-4H3,(H,17,18). The highest BCUT2D eigenvalue weighted by molar-refractivity contribution is 5.70. The van der Waals surface area contributed by atoms with Gasteiger partial charge in [0.05, 0.1) is 5.92 Å². The van der Waals surface area contributed by atoms with Gasteiger partial charge in [-0.15, -0.1) is 0 Å². The number of rotatable bonds is 6. The third-order valence-electron chi connectivity index (χ3n) is 4.44. The van der Waals surface area contributed by atoms with E-state index in [4.69, 9.17) is 0 Å². The van der Waals surface area contributed by atoms with Gasteiger partial charge in [-0.05, 0) is 30.6 Å². The number of hydrogen-bond acceptors (Lipinski definition) is 2. The highest BCUT2D eigenvalue weighted by Gasteiger charge is 2.28. The smallest absolute Gasteiger partial charge is 0.307 e. The van der Waals surface area contributed by atoms with E-state index in [-0.39, 0.29) is 5.92 Å². The number of nitrogens with one attached hydrogen (secondary N) is 1. The summed E-state index contributed by atoms with van der Waals surface area (Å²) in [5.41, 5.74) is 0. The van der Waals surface area contributed by atoms with Crippen molar-refractivity contribution in [1.29, 1.82) is 0 Å². The van der Waals surface area contributed by atoms with Crippen molar-refractivity contribution in [3.8, 4) is 0 Å². The molecule has 2 N–H and O–H groups in total. The van der Waals surface area contributed by atoms with Gasteiger partial charge in [0, 0.05) is 12.6 Å². The zero-order valence-electron chi connectivity index (χ0n) is 12.3. The van der Waals surface area contributed by atoms with E-state index < -0.39 is 5.97 Å². The summed E-state index contributed by atoms with van der Waals surface area (Å²) in [5, 5.41) is 12.7. The fourth-order valence-corrected chi connectivity index (χ4v) is 3.00. The van der Waals surface area contributed by atoms with E-state index in [1.54, 1.807) is 0 Å². The van der Waals surface area contributed by atoms with Gasteiger partial charge in [0.1, 0.15) is 0 Å². The minimum Gasteiger partial charge on any atom is -0.481 e. The van der Waals surface area contributed by atoms with Crippen molar-refractivity contribution < 1.29 is 9.90 Å². The Kier molecular flexibility index (Phi) is 6.13. The van der Waals surface area contributed by atoms with Gasteiger partial charge < -0.3 is 10.4 Å². The molecular weight excluding hydrogens is 226 g/mol. The van der Waals surface area contributed by atoms with Crippen molar-refractivity contribution in [2.75, 3.05) is 6.54 Å². The molecule has 3 heteroatoms. The zero-order valence-corrected chi connectivity index (χ0v) is 12.3. The van der Waals surface area contributed by atoms with Gasteiger partial charge in [0.25, 0.3) is 0 Å². The van der Waals surface area contributed by atoms with Crippen LogP contribution in [0.3, 0.4) is 0 Å². The Morgan fingerprint density at radius 2 is 2.00 bits per heavy atom. The molecule has 0 spiro atoms. The maximum absolute atomic E-state index is 11.2. The molecule has 1 saturated carbocycles. The second-order valence-electron chi connectivity index (χ2n) is 6.45. The number of carboxylic acids is 1. The van der Waals surface area contributed by atoms with Crippen molar-refractivity contribution in [1.82, 2.24) is 5.32 Å². The van der Waals surface area contributed by atoms with Crippen LogP contribution in [-0.2, 0) is 4.79 Å². The summed E-state index contributed by atoms with van der Waals surface area (Å²) in [6, 6.07) is 0.503. The first kappa shape index (κ1) is 15.5. The second kappa shape index (κ2) is 7.13. The van der Waals surface area contributed by atoms with Crippen LogP contribution >= 0.6 is 0 Å². The molecule has 0 heterocycles. The summed E-state index contributed by atoms with van der Waals surface area (Å²) in [4.78, 5) is 11.2. The van der Waals surface area contributed by atoms with Crippen LogP contribution in [0.15, 0.2) is 0 Å². The number of aliphatic carboxylic acids is 1. The number of carbonyl (C=O) groups is 1. The van der Waals surface area contributed by atoms with Crippen LogP contribution in [0.2, 0.25) is 0 Å². The van der Waals surface area contributed by atoms with E-state index in [9.17, 15) is 9.90 Å². The maximum atomic E-state index is 11.2. The minimum atomic E-state index is -0.660. The van der Waals surface area contributed by atoms with Crippen molar-refractivity contribution in [3.05, 3.63) is 0 Å². The van der Waals surface area contributed by atoms with E-state index in [0.717, 1.165) is 12.3 Å². The van der Waals surface area contributed by atoms with E-state index >= 15 is 0 Å². The van der Waals surface area contributed by atoms with Gasteiger partial charge in [-0.1, -0.05) is 40.5 Å². The van der Waals surface area contributed by atoms with Crippen molar-refractivity contribution in [3.63, 3.8) is 0 Å². The average Bonchev–Trinajstić information content (AvgIpc) is 2.28. The molecule has 1 fully saturated rings. The summed E-state index contributed by atoms with van der Waals surface area (Å²) in [5.74, 6) is 0.953. The van der Waals surface area contributed by atoms with E-state index in [1.165, 1.54) is 19.3 Å². The Morgan fingerprint density at radius 1 is 1.33 bits per heavy atom. The molecule has 0 bridgehead atoms. The predicted octanol–water partition coefficient (Wildman–Crippen LogP) is 3.15. The van der Waals surface area contributed by atoms with E-state index in [1.807, 2.05) is 0 Å². The molecular formula is C15H29NO2. The predicted molar refractivity (Wildman–Crippen MR) is 74.6 cm³/mol. The van der Waals surface area contributed by atoms with Gasteiger partial charge in [-0.2, -0.15) is 0 Å². The summed E-state index contributed by atoms with van der Waals surface area (Å²) in [6.07, 6.45) is 4.54. The van der Waals surface area contributed by atoms with Crippen molar-refractivity contribution >= 4 is 5.97 Å².